The lowest BCUT2D eigenvalue weighted by molar-refractivity contribution is -0.120. The molecule has 2 aliphatic rings. The monoisotopic (exact) mass is 286 g/mol. The summed E-state index contributed by atoms with van der Waals surface area (Å²) in [6.45, 7) is 4.93. The Balaban J connectivity index is 1.72. The number of likely N-dealkylation sites (tertiary alicyclic amines) is 1. The van der Waals surface area contributed by atoms with Gasteiger partial charge >= 0.3 is 0 Å². The molecule has 0 bridgehead atoms. The molecule has 1 atom stereocenters. The van der Waals surface area contributed by atoms with Crippen LogP contribution in [0, 0.1) is 5.92 Å². The lowest BCUT2D eigenvalue weighted by atomic mass is 10.1. The number of rotatable bonds is 5. The maximum Gasteiger partial charge on any atom is 0.241 e. The molecular weight excluding hydrogens is 260 g/mol. The first-order chi connectivity index (χ1) is 10.3. The van der Waals surface area contributed by atoms with E-state index in [0.717, 1.165) is 18.8 Å². The van der Waals surface area contributed by atoms with Crippen molar-refractivity contribution < 1.29 is 4.79 Å². The zero-order valence-corrected chi connectivity index (χ0v) is 13.0. The molecule has 0 spiro atoms. The maximum atomic E-state index is 12.9. The van der Waals surface area contributed by atoms with Gasteiger partial charge in [0.2, 0.25) is 5.91 Å². The molecule has 1 heterocycles. The Morgan fingerprint density at radius 3 is 2.48 bits per heavy atom. The number of carbonyl (C=O) groups is 1. The predicted molar refractivity (Wildman–Crippen MR) is 86.4 cm³/mol. The minimum atomic E-state index is 0.266. The van der Waals surface area contributed by atoms with Crippen molar-refractivity contribution in [1.29, 1.82) is 0 Å². The normalized spacial score (nSPS) is 21.0. The van der Waals surface area contributed by atoms with Crippen molar-refractivity contribution in [3.05, 3.63) is 30.3 Å². The lowest BCUT2D eigenvalue weighted by Gasteiger charge is -2.33. The van der Waals surface area contributed by atoms with Crippen molar-refractivity contribution >= 4 is 11.6 Å². The van der Waals surface area contributed by atoms with Crippen LogP contribution < -0.4 is 4.90 Å². The maximum absolute atomic E-state index is 12.9. The van der Waals surface area contributed by atoms with Crippen molar-refractivity contribution in [2.24, 2.45) is 5.92 Å². The van der Waals surface area contributed by atoms with Gasteiger partial charge in [-0.05, 0) is 63.7 Å². The van der Waals surface area contributed by atoms with E-state index in [0.29, 0.717) is 18.5 Å². The molecule has 1 aromatic carbocycles. The predicted octanol–water partition coefficient (Wildman–Crippen LogP) is 3.30. The second-order valence-corrected chi connectivity index (χ2v) is 6.51. The van der Waals surface area contributed by atoms with Crippen LogP contribution in [0.4, 0.5) is 5.69 Å². The fraction of sp³-hybridized carbons (Fsp3) is 0.611. The molecule has 114 valence electrons. The fourth-order valence-electron chi connectivity index (χ4n) is 3.37. The van der Waals surface area contributed by atoms with E-state index in [1.54, 1.807) is 0 Å². The highest BCUT2D eigenvalue weighted by Crippen LogP contribution is 2.37. The first kappa shape index (κ1) is 14.6. The summed E-state index contributed by atoms with van der Waals surface area (Å²) in [5.74, 6) is 0.956. The van der Waals surface area contributed by atoms with E-state index in [9.17, 15) is 4.79 Å². The summed E-state index contributed by atoms with van der Waals surface area (Å²) in [5, 5.41) is 0. The van der Waals surface area contributed by atoms with E-state index < -0.39 is 0 Å². The molecule has 0 unspecified atom stereocenters. The van der Waals surface area contributed by atoms with Crippen LogP contribution in [0.2, 0.25) is 0 Å². The third-order valence-electron chi connectivity index (χ3n) is 4.82. The number of amides is 1. The zero-order chi connectivity index (χ0) is 14.7. The Bertz CT molecular complexity index is 463. The molecule has 3 nitrogen and oxygen atoms in total. The molecule has 2 fully saturated rings. The molecule has 1 aromatic rings. The highest BCUT2D eigenvalue weighted by Gasteiger charge is 2.35. The van der Waals surface area contributed by atoms with Crippen LogP contribution in [-0.2, 0) is 4.79 Å². The Labute approximate surface area is 127 Å². The summed E-state index contributed by atoms with van der Waals surface area (Å²) in [5.41, 5.74) is 1.05. The van der Waals surface area contributed by atoms with E-state index in [-0.39, 0.29) is 5.91 Å². The van der Waals surface area contributed by atoms with Crippen LogP contribution in [0.3, 0.4) is 0 Å². The topological polar surface area (TPSA) is 23.6 Å². The third-order valence-corrected chi connectivity index (χ3v) is 4.82. The van der Waals surface area contributed by atoms with Crippen molar-refractivity contribution in [1.82, 2.24) is 4.90 Å². The fourth-order valence-corrected chi connectivity index (χ4v) is 3.37. The second-order valence-electron chi connectivity index (χ2n) is 6.51. The molecule has 1 amide bonds. The van der Waals surface area contributed by atoms with Crippen LogP contribution in [0.1, 0.15) is 39.0 Å². The number of benzene rings is 1. The van der Waals surface area contributed by atoms with Crippen molar-refractivity contribution in [2.75, 3.05) is 24.5 Å². The second kappa shape index (κ2) is 6.61. The number of nitrogens with zero attached hydrogens (tertiary/aromatic N) is 2. The standard InChI is InChI=1S/C18H26N2O/c1-15(16-10-11-16)20(17-8-4-2-5-9-17)18(21)14-19-12-6-3-7-13-19/h2,4-5,8-9,15-16H,3,6-7,10-14H2,1H3/t15-/m0/s1. The molecule has 0 aromatic heterocycles. The smallest absolute Gasteiger partial charge is 0.241 e. The first-order valence-corrected chi connectivity index (χ1v) is 8.35. The zero-order valence-electron chi connectivity index (χ0n) is 13.0. The molecule has 3 rings (SSSR count). The Kier molecular flexibility index (Phi) is 4.59. The number of hydrogen-bond donors (Lipinski definition) is 0. The Morgan fingerprint density at radius 2 is 1.86 bits per heavy atom. The molecule has 3 heteroatoms. The molecular formula is C18H26N2O. The van der Waals surface area contributed by atoms with Crippen LogP contribution in [0.15, 0.2) is 30.3 Å². The number of carbonyl (C=O) groups excluding carboxylic acids is 1. The third kappa shape index (κ3) is 3.65. The van der Waals surface area contributed by atoms with Crippen LogP contribution in [0.25, 0.3) is 0 Å². The molecule has 0 radical (unpaired) electrons. The average Bonchev–Trinajstić information content (AvgIpc) is 3.34. The minimum Gasteiger partial charge on any atom is -0.308 e. The summed E-state index contributed by atoms with van der Waals surface area (Å²) in [6.07, 6.45) is 6.31. The van der Waals surface area contributed by atoms with Gasteiger partial charge < -0.3 is 4.90 Å². The van der Waals surface area contributed by atoms with E-state index in [1.165, 1.54) is 32.1 Å². The average molecular weight is 286 g/mol. The van der Waals surface area contributed by atoms with E-state index >= 15 is 0 Å². The van der Waals surface area contributed by atoms with Gasteiger partial charge in [-0.1, -0.05) is 24.6 Å². The Hall–Kier alpha value is -1.35. The van der Waals surface area contributed by atoms with E-state index in [1.807, 2.05) is 23.1 Å². The summed E-state index contributed by atoms with van der Waals surface area (Å²) in [7, 11) is 0. The highest BCUT2D eigenvalue weighted by molar-refractivity contribution is 5.95. The van der Waals surface area contributed by atoms with Crippen LogP contribution in [0.5, 0.6) is 0 Å². The summed E-state index contributed by atoms with van der Waals surface area (Å²) < 4.78 is 0. The van der Waals surface area contributed by atoms with Gasteiger partial charge in [0.05, 0.1) is 6.54 Å². The van der Waals surface area contributed by atoms with E-state index in [2.05, 4.69) is 24.0 Å². The molecule has 1 aliphatic heterocycles. The molecule has 21 heavy (non-hydrogen) atoms. The van der Waals surface area contributed by atoms with Crippen molar-refractivity contribution in [3.63, 3.8) is 0 Å². The summed E-state index contributed by atoms with van der Waals surface area (Å²) >= 11 is 0. The number of para-hydroxylation sites is 1. The van der Waals surface area contributed by atoms with Gasteiger partial charge in [-0.3, -0.25) is 9.69 Å². The van der Waals surface area contributed by atoms with Gasteiger partial charge in [-0.25, -0.2) is 0 Å². The van der Waals surface area contributed by atoms with Gasteiger partial charge in [0.25, 0.3) is 0 Å². The van der Waals surface area contributed by atoms with Gasteiger partial charge in [-0.2, -0.15) is 0 Å². The van der Waals surface area contributed by atoms with Crippen LogP contribution in [-0.4, -0.2) is 36.5 Å². The Morgan fingerprint density at radius 1 is 1.19 bits per heavy atom. The highest BCUT2D eigenvalue weighted by atomic mass is 16.2. The minimum absolute atomic E-state index is 0.266. The van der Waals surface area contributed by atoms with Gasteiger partial charge in [0, 0.05) is 11.7 Å². The summed E-state index contributed by atoms with van der Waals surface area (Å²) in [6, 6.07) is 10.5. The number of anilines is 1. The first-order valence-electron chi connectivity index (χ1n) is 8.35. The van der Waals surface area contributed by atoms with Gasteiger partial charge in [0.15, 0.2) is 0 Å². The SMILES string of the molecule is C[C@@H](C1CC1)N(C(=O)CN1CCCCC1)c1ccccc1. The van der Waals surface area contributed by atoms with Crippen molar-refractivity contribution in [3.8, 4) is 0 Å². The summed E-state index contributed by atoms with van der Waals surface area (Å²) in [4.78, 5) is 17.2. The molecule has 0 N–H and O–H groups in total. The van der Waals surface area contributed by atoms with Gasteiger partial charge in [0.1, 0.15) is 0 Å². The molecule has 1 aliphatic carbocycles. The van der Waals surface area contributed by atoms with Crippen LogP contribution >= 0.6 is 0 Å². The van der Waals surface area contributed by atoms with E-state index in [4.69, 9.17) is 0 Å². The lowest BCUT2D eigenvalue weighted by Crippen LogP contribution is -2.46. The number of piperidine rings is 1. The quantitative estimate of drug-likeness (QED) is 0.829. The number of hydrogen-bond acceptors (Lipinski definition) is 2. The van der Waals surface area contributed by atoms with Gasteiger partial charge in [-0.15, -0.1) is 0 Å². The van der Waals surface area contributed by atoms with Crippen molar-refractivity contribution in [2.45, 2.75) is 45.1 Å². The molecule has 1 saturated carbocycles. The molecule has 1 saturated heterocycles. The largest absolute Gasteiger partial charge is 0.308 e.